The molecule has 1 aromatic carbocycles. The first-order chi connectivity index (χ1) is 12.0. The fourth-order valence-electron chi connectivity index (χ4n) is 2.85. The van der Waals surface area contributed by atoms with Gasteiger partial charge in [-0.25, -0.2) is 4.79 Å². The van der Waals surface area contributed by atoms with Gasteiger partial charge in [-0.2, -0.15) is 0 Å². The van der Waals surface area contributed by atoms with Gasteiger partial charge in [-0.15, -0.1) is 0 Å². The summed E-state index contributed by atoms with van der Waals surface area (Å²) < 4.78 is 11.7. The number of nitrogens with zero attached hydrogens (tertiary/aromatic N) is 1. The second-order valence-electron chi connectivity index (χ2n) is 8.48. The van der Waals surface area contributed by atoms with Gasteiger partial charge in [0.1, 0.15) is 5.60 Å². The van der Waals surface area contributed by atoms with Crippen molar-refractivity contribution in [1.29, 1.82) is 0 Å². The molecule has 2 aromatic rings. The van der Waals surface area contributed by atoms with Gasteiger partial charge in [0.25, 0.3) is 0 Å². The van der Waals surface area contributed by atoms with Crippen molar-refractivity contribution in [2.45, 2.75) is 59.5 Å². The van der Waals surface area contributed by atoms with Crippen molar-refractivity contribution >= 4 is 23.0 Å². The lowest BCUT2D eigenvalue weighted by molar-refractivity contribution is -0.143. The van der Waals surface area contributed by atoms with E-state index >= 15 is 0 Å². The Morgan fingerprint density at radius 2 is 1.77 bits per heavy atom. The van der Waals surface area contributed by atoms with Crippen LogP contribution >= 0.6 is 0 Å². The minimum absolute atomic E-state index is 0.121. The van der Waals surface area contributed by atoms with Crippen LogP contribution in [-0.4, -0.2) is 29.3 Å². The highest BCUT2D eigenvalue weighted by molar-refractivity contribution is 5.89. The quantitative estimate of drug-likeness (QED) is 0.709. The van der Waals surface area contributed by atoms with E-state index in [1.165, 1.54) is 17.2 Å². The molecule has 0 aliphatic heterocycles. The summed E-state index contributed by atoms with van der Waals surface area (Å²) in [5, 5.41) is 0.999. The second-order valence-corrected chi connectivity index (χ2v) is 8.48. The number of methoxy groups -OCH3 is 1. The Labute approximate surface area is 155 Å². The monoisotopic (exact) mass is 359 g/mol. The summed E-state index contributed by atoms with van der Waals surface area (Å²) >= 11 is 0. The minimum atomic E-state index is -0.529. The zero-order valence-electron chi connectivity index (χ0n) is 16.6. The summed E-state index contributed by atoms with van der Waals surface area (Å²) in [6, 6.07) is 7.98. The molecule has 0 radical (unpaired) electrons. The normalized spacial score (nSPS) is 12.2. The average molecular weight is 359 g/mol. The molecule has 2 rings (SSSR count). The number of ether oxygens (including phenoxy) is 2. The topological polar surface area (TPSA) is 57.5 Å². The van der Waals surface area contributed by atoms with E-state index in [1.807, 2.05) is 39.0 Å². The molecule has 0 atom stereocenters. The molecule has 0 amide bonds. The van der Waals surface area contributed by atoms with Crippen LogP contribution in [0.15, 0.2) is 30.5 Å². The van der Waals surface area contributed by atoms with Crippen LogP contribution in [0, 0.1) is 5.41 Å². The van der Waals surface area contributed by atoms with Gasteiger partial charge in [-0.3, -0.25) is 9.36 Å². The second kappa shape index (κ2) is 7.52. The zero-order chi connectivity index (χ0) is 19.5. The number of hydrogen-bond acceptors (Lipinski definition) is 4. The van der Waals surface area contributed by atoms with Crippen molar-refractivity contribution < 1.29 is 19.1 Å². The lowest BCUT2D eigenvalue weighted by atomic mass is 9.83. The summed E-state index contributed by atoms with van der Waals surface area (Å²) in [5.41, 5.74) is 1.36. The lowest BCUT2D eigenvalue weighted by Crippen LogP contribution is -2.26. The molecule has 1 aromatic heterocycles. The van der Waals surface area contributed by atoms with E-state index in [4.69, 9.17) is 9.47 Å². The Bertz CT molecular complexity index is 796. The van der Waals surface area contributed by atoms with E-state index in [0.29, 0.717) is 6.42 Å². The molecule has 5 nitrogen and oxygen atoms in total. The molecule has 0 unspecified atom stereocenters. The first-order valence-electron chi connectivity index (χ1n) is 8.91. The van der Waals surface area contributed by atoms with Crippen LogP contribution in [0.3, 0.4) is 0 Å². The molecular weight excluding hydrogens is 330 g/mol. The van der Waals surface area contributed by atoms with Crippen molar-refractivity contribution in [1.82, 2.24) is 4.57 Å². The predicted molar refractivity (Wildman–Crippen MR) is 102 cm³/mol. The van der Waals surface area contributed by atoms with Gasteiger partial charge in [-0.1, -0.05) is 19.9 Å². The minimum Gasteiger partial charge on any atom is -0.469 e. The molecule has 0 aliphatic carbocycles. The number of carbonyl (C=O) groups excluding carboxylic acids is 2. The number of aromatic nitrogens is 1. The van der Waals surface area contributed by atoms with Gasteiger partial charge >= 0.3 is 12.1 Å². The van der Waals surface area contributed by atoms with Crippen LogP contribution in [0.5, 0.6) is 0 Å². The molecule has 26 heavy (non-hydrogen) atoms. The molecule has 0 saturated carbocycles. The van der Waals surface area contributed by atoms with E-state index < -0.39 is 5.60 Å². The van der Waals surface area contributed by atoms with Crippen molar-refractivity contribution in [3.8, 4) is 0 Å². The Morgan fingerprint density at radius 1 is 1.08 bits per heavy atom. The third kappa shape index (κ3) is 5.35. The lowest BCUT2D eigenvalue weighted by Gasteiger charge is -2.23. The fraction of sp³-hybridized carbons (Fsp3) is 0.524. The van der Waals surface area contributed by atoms with Crippen molar-refractivity contribution in [3.63, 3.8) is 0 Å². The number of hydrogen-bond donors (Lipinski definition) is 0. The van der Waals surface area contributed by atoms with Crippen LogP contribution in [0.4, 0.5) is 4.79 Å². The number of rotatable bonds is 5. The van der Waals surface area contributed by atoms with E-state index in [-0.39, 0.29) is 17.5 Å². The van der Waals surface area contributed by atoms with E-state index in [1.54, 1.807) is 6.20 Å². The maximum absolute atomic E-state index is 12.3. The highest BCUT2D eigenvalue weighted by Gasteiger charge is 2.23. The largest absolute Gasteiger partial charge is 0.469 e. The third-order valence-electron chi connectivity index (χ3n) is 4.29. The average Bonchev–Trinajstić information content (AvgIpc) is 2.94. The van der Waals surface area contributed by atoms with Gasteiger partial charge in [-0.05, 0) is 62.8 Å². The van der Waals surface area contributed by atoms with Crippen molar-refractivity contribution in [2.24, 2.45) is 5.41 Å². The highest BCUT2D eigenvalue weighted by atomic mass is 16.6. The van der Waals surface area contributed by atoms with Gasteiger partial charge in [0, 0.05) is 11.6 Å². The highest BCUT2D eigenvalue weighted by Crippen LogP contribution is 2.28. The van der Waals surface area contributed by atoms with E-state index in [9.17, 15) is 9.59 Å². The Hall–Kier alpha value is -2.30. The Morgan fingerprint density at radius 3 is 2.38 bits per heavy atom. The van der Waals surface area contributed by atoms with Crippen LogP contribution in [0.2, 0.25) is 0 Å². The van der Waals surface area contributed by atoms with E-state index in [2.05, 4.69) is 19.9 Å². The Kier molecular flexibility index (Phi) is 5.79. The maximum atomic E-state index is 12.3. The summed E-state index contributed by atoms with van der Waals surface area (Å²) in [6.45, 7) is 9.70. The molecular formula is C21H29NO4. The number of aryl methyl sites for hydroxylation is 1. The molecule has 5 heteroatoms. The zero-order valence-corrected chi connectivity index (χ0v) is 16.6. The Balaban J connectivity index is 2.11. The van der Waals surface area contributed by atoms with Crippen LogP contribution in [-0.2, 0) is 20.7 Å². The van der Waals surface area contributed by atoms with Crippen molar-refractivity contribution in [2.75, 3.05) is 7.11 Å². The summed E-state index contributed by atoms with van der Waals surface area (Å²) in [4.78, 5) is 23.8. The van der Waals surface area contributed by atoms with Crippen LogP contribution < -0.4 is 0 Å². The standard InChI is InChI=1S/C21H29NO4/c1-20(2,3)26-19(24)22-12-10-16-13-15(7-8-17(16)22)9-11-21(4,5)14-18(23)25-6/h7-8,10,12-13H,9,11,14H2,1-6H3. The number of carbonyl (C=O) groups is 2. The van der Waals surface area contributed by atoms with Gasteiger partial charge < -0.3 is 9.47 Å². The first kappa shape index (κ1) is 20.0. The van der Waals surface area contributed by atoms with Crippen LogP contribution in [0.25, 0.3) is 10.9 Å². The first-order valence-corrected chi connectivity index (χ1v) is 8.91. The summed E-state index contributed by atoms with van der Waals surface area (Å²) in [7, 11) is 1.42. The number of fused-ring (bicyclic) bond motifs is 1. The number of benzene rings is 1. The molecule has 0 spiro atoms. The van der Waals surface area contributed by atoms with Gasteiger partial charge in [0.2, 0.25) is 0 Å². The fourth-order valence-corrected chi connectivity index (χ4v) is 2.85. The third-order valence-corrected chi connectivity index (χ3v) is 4.29. The molecule has 0 aliphatic rings. The molecule has 1 heterocycles. The van der Waals surface area contributed by atoms with E-state index in [0.717, 1.165) is 23.7 Å². The van der Waals surface area contributed by atoms with Crippen LogP contribution in [0.1, 0.15) is 53.0 Å². The molecule has 142 valence electrons. The predicted octanol–water partition coefficient (Wildman–Crippen LogP) is 4.95. The molecule has 0 saturated heterocycles. The van der Waals surface area contributed by atoms with Gasteiger partial charge in [0.15, 0.2) is 0 Å². The van der Waals surface area contributed by atoms with Gasteiger partial charge in [0.05, 0.1) is 19.0 Å². The molecule has 0 bridgehead atoms. The number of esters is 1. The molecule has 0 N–H and O–H groups in total. The summed E-state index contributed by atoms with van der Waals surface area (Å²) in [5.74, 6) is -0.181. The van der Waals surface area contributed by atoms with Crippen molar-refractivity contribution in [3.05, 3.63) is 36.0 Å². The summed E-state index contributed by atoms with van der Waals surface area (Å²) in [6.07, 6.45) is 3.50. The SMILES string of the molecule is COC(=O)CC(C)(C)CCc1ccc2c(ccn2C(=O)OC(C)(C)C)c1. The maximum Gasteiger partial charge on any atom is 0.418 e. The smallest absolute Gasteiger partial charge is 0.418 e. The molecule has 0 fully saturated rings.